The first-order valence-electron chi connectivity index (χ1n) is 7.52. The fraction of sp³-hybridized carbons (Fsp3) is 0.625. The topological polar surface area (TPSA) is 44.5 Å². The molecule has 21 heavy (non-hydrogen) atoms. The summed E-state index contributed by atoms with van der Waals surface area (Å²) in [4.78, 5) is 0. The van der Waals surface area contributed by atoms with Gasteiger partial charge >= 0.3 is 0 Å². The van der Waals surface area contributed by atoms with Crippen LogP contribution in [0.1, 0.15) is 37.3 Å². The molecule has 1 spiro atoms. The summed E-state index contributed by atoms with van der Waals surface area (Å²) in [6.45, 7) is 2.35. The molecule has 2 unspecified atom stereocenters. The number of hydrogen-bond donors (Lipinski definition) is 1. The van der Waals surface area contributed by atoms with E-state index in [0.29, 0.717) is 16.0 Å². The molecule has 5 heteroatoms. The fourth-order valence-corrected chi connectivity index (χ4v) is 3.76. The van der Waals surface area contributed by atoms with E-state index >= 15 is 0 Å². The molecule has 3 rings (SSSR count). The van der Waals surface area contributed by atoms with Gasteiger partial charge in [-0.15, -0.1) is 0 Å². The molecule has 1 aromatic rings. The third-order valence-corrected chi connectivity index (χ3v) is 5.51. The Bertz CT molecular complexity index is 498. The SMILES string of the molecule is NC(c1ccc(Cl)c(Cl)c1)C1CCOC2(CCOCC2)C1. The average Bonchev–Trinajstić information content (AvgIpc) is 2.50. The average molecular weight is 330 g/mol. The van der Waals surface area contributed by atoms with E-state index in [4.69, 9.17) is 38.4 Å². The molecule has 2 N–H and O–H groups in total. The monoisotopic (exact) mass is 329 g/mol. The van der Waals surface area contributed by atoms with Crippen LogP contribution in [0.3, 0.4) is 0 Å². The standard InChI is InChI=1S/C16H21Cl2NO2/c17-13-2-1-11(9-14(13)18)15(19)12-3-6-21-16(10-12)4-7-20-8-5-16/h1-2,9,12,15H,3-8,10,19H2. The summed E-state index contributed by atoms with van der Waals surface area (Å²) in [6.07, 6.45) is 3.93. The normalized spacial score (nSPS) is 26.7. The lowest BCUT2D eigenvalue weighted by Gasteiger charge is -2.44. The van der Waals surface area contributed by atoms with Crippen molar-refractivity contribution in [2.24, 2.45) is 11.7 Å². The maximum absolute atomic E-state index is 6.49. The number of nitrogens with two attached hydrogens (primary N) is 1. The second kappa shape index (κ2) is 6.43. The van der Waals surface area contributed by atoms with Gasteiger partial charge in [-0.2, -0.15) is 0 Å². The zero-order valence-corrected chi connectivity index (χ0v) is 13.5. The molecule has 2 aliphatic rings. The van der Waals surface area contributed by atoms with Crippen LogP contribution in [0.2, 0.25) is 10.0 Å². The van der Waals surface area contributed by atoms with Gasteiger partial charge in [0.2, 0.25) is 0 Å². The third-order valence-electron chi connectivity index (χ3n) is 4.77. The molecule has 0 bridgehead atoms. The van der Waals surface area contributed by atoms with Crippen LogP contribution < -0.4 is 5.73 Å². The Morgan fingerprint density at radius 3 is 2.62 bits per heavy atom. The Hall–Kier alpha value is -0.320. The molecule has 0 aliphatic carbocycles. The highest BCUT2D eigenvalue weighted by Crippen LogP contribution is 2.41. The minimum Gasteiger partial charge on any atom is -0.381 e. The molecule has 0 radical (unpaired) electrons. The smallest absolute Gasteiger partial charge is 0.0729 e. The van der Waals surface area contributed by atoms with Crippen molar-refractivity contribution in [3.8, 4) is 0 Å². The predicted molar refractivity (Wildman–Crippen MR) is 84.9 cm³/mol. The first-order valence-corrected chi connectivity index (χ1v) is 8.27. The van der Waals surface area contributed by atoms with Crippen molar-refractivity contribution in [1.29, 1.82) is 0 Å². The minimum atomic E-state index is -0.0327. The molecular weight excluding hydrogens is 309 g/mol. The zero-order valence-electron chi connectivity index (χ0n) is 12.0. The molecule has 1 aromatic carbocycles. The Labute approximate surface area is 135 Å². The first kappa shape index (κ1) is 15.6. The zero-order chi connectivity index (χ0) is 14.9. The van der Waals surface area contributed by atoms with Gasteiger partial charge < -0.3 is 15.2 Å². The van der Waals surface area contributed by atoms with Crippen molar-refractivity contribution in [2.45, 2.75) is 37.3 Å². The molecule has 2 atom stereocenters. The maximum Gasteiger partial charge on any atom is 0.0729 e. The van der Waals surface area contributed by atoms with Crippen LogP contribution in [0.4, 0.5) is 0 Å². The summed E-state index contributed by atoms with van der Waals surface area (Å²) in [7, 11) is 0. The summed E-state index contributed by atoms with van der Waals surface area (Å²) in [6, 6.07) is 5.66. The Morgan fingerprint density at radius 1 is 1.14 bits per heavy atom. The molecule has 2 saturated heterocycles. The number of hydrogen-bond acceptors (Lipinski definition) is 3. The molecule has 0 saturated carbocycles. The third kappa shape index (κ3) is 3.38. The Balaban J connectivity index is 1.74. The molecule has 0 amide bonds. The number of rotatable bonds is 2. The minimum absolute atomic E-state index is 0.0246. The van der Waals surface area contributed by atoms with E-state index in [0.717, 1.165) is 51.1 Å². The summed E-state index contributed by atoms with van der Waals surface area (Å²) in [5.74, 6) is 0.411. The molecule has 3 nitrogen and oxygen atoms in total. The molecule has 0 aromatic heterocycles. The van der Waals surface area contributed by atoms with Gasteiger partial charge in [0.1, 0.15) is 0 Å². The van der Waals surface area contributed by atoms with Crippen LogP contribution in [0.5, 0.6) is 0 Å². The van der Waals surface area contributed by atoms with E-state index in [1.165, 1.54) is 0 Å². The number of ether oxygens (including phenoxy) is 2. The quantitative estimate of drug-likeness (QED) is 0.892. The lowest BCUT2D eigenvalue weighted by molar-refractivity contribution is -0.149. The highest BCUT2D eigenvalue weighted by molar-refractivity contribution is 6.42. The Kier molecular flexibility index (Phi) is 4.77. The Morgan fingerprint density at radius 2 is 1.90 bits per heavy atom. The summed E-state index contributed by atoms with van der Waals surface area (Å²) < 4.78 is 11.5. The first-order chi connectivity index (χ1) is 10.1. The molecule has 2 fully saturated rings. The summed E-state index contributed by atoms with van der Waals surface area (Å²) in [5.41, 5.74) is 7.51. The molecular formula is C16H21Cl2NO2. The fourth-order valence-electron chi connectivity index (χ4n) is 3.46. The van der Waals surface area contributed by atoms with Crippen molar-refractivity contribution < 1.29 is 9.47 Å². The second-order valence-corrected chi connectivity index (χ2v) is 6.91. The second-order valence-electron chi connectivity index (χ2n) is 6.10. The van der Waals surface area contributed by atoms with Crippen molar-refractivity contribution in [2.75, 3.05) is 19.8 Å². The lowest BCUT2D eigenvalue weighted by Crippen LogP contribution is -2.46. The van der Waals surface area contributed by atoms with Gasteiger partial charge in [-0.3, -0.25) is 0 Å². The van der Waals surface area contributed by atoms with Crippen LogP contribution in [-0.4, -0.2) is 25.4 Å². The highest BCUT2D eigenvalue weighted by atomic mass is 35.5. The van der Waals surface area contributed by atoms with Gasteiger partial charge in [0.05, 0.1) is 15.6 Å². The van der Waals surface area contributed by atoms with Gasteiger partial charge in [0.15, 0.2) is 0 Å². The van der Waals surface area contributed by atoms with Gasteiger partial charge in [-0.25, -0.2) is 0 Å². The van der Waals surface area contributed by atoms with Crippen LogP contribution in [0.15, 0.2) is 18.2 Å². The molecule has 2 aliphatic heterocycles. The molecule has 2 heterocycles. The van der Waals surface area contributed by atoms with Crippen molar-refractivity contribution >= 4 is 23.2 Å². The van der Waals surface area contributed by atoms with E-state index in [-0.39, 0.29) is 11.6 Å². The maximum atomic E-state index is 6.49. The number of benzene rings is 1. The predicted octanol–water partition coefficient (Wildman–Crippen LogP) is 3.97. The van der Waals surface area contributed by atoms with Crippen molar-refractivity contribution in [1.82, 2.24) is 0 Å². The largest absolute Gasteiger partial charge is 0.381 e. The lowest BCUT2D eigenvalue weighted by atomic mass is 9.76. The number of halogens is 2. The van der Waals surface area contributed by atoms with Crippen LogP contribution in [0.25, 0.3) is 0 Å². The van der Waals surface area contributed by atoms with Crippen LogP contribution >= 0.6 is 23.2 Å². The van der Waals surface area contributed by atoms with E-state index in [2.05, 4.69) is 0 Å². The van der Waals surface area contributed by atoms with E-state index in [1.54, 1.807) is 0 Å². The van der Waals surface area contributed by atoms with E-state index in [9.17, 15) is 0 Å². The van der Waals surface area contributed by atoms with Gasteiger partial charge in [0.25, 0.3) is 0 Å². The van der Waals surface area contributed by atoms with E-state index in [1.807, 2.05) is 18.2 Å². The van der Waals surface area contributed by atoms with Crippen molar-refractivity contribution in [3.63, 3.8) is 0 Å². The van der Waals surface area contributed by atoms with Crippen LogP contribution in [0, 0.1) is 5.92 Å². The summed E-state index contributed by atoms with van der Waals surface area (Å²) in [5, 5.41) is 1.14. The van der Waals surface area contributed by atoms with Gasteiger partial charge in [0, 0.05) is 25.9 Å². The molecule has 116 valence electrons. The summed E-state index contributed by atoms with van der Waals surface area (Å²) >= 11 is 12.1. The van der Waals surface area contributed by atoms with Gasteiger partial charge in [-0.1, -0.05) is 29.3 Å². The van der Waals surface area contributed by atoms with Crippen molar-refractivity contribution in [3.05, 3.63) is 33.8 Å². The van der Waals surface area contributed by atoms with Crippen LogP contribution in [-0.2, 0) is 9.47 Å². The highest BCUT2D eigenvalue weighted by Gasteiger charge is 2.40. The van der Waals surface area contributed by atoms with E-state index < -0.39 is 0 Å². The van der Waals surface area contributed by atoms with Gasteiger partial charge in [-0.05, 0) is 49.3 Å².